The summed E-state index contributed by atoms with van der Waals surface area (Å²) in [6.45, 7) is -0.355. The number of carbonyl (C=O) groups is 2. The van der Waals surface area contributed by atoms with Crippen molar-refractivity contribution in [3.8, 4) is 0 Å². The molecule has 0 aliphatic heterocycles. The smallest absolute Gasteiger partial charge is 0.350 e. The van der Waals surface area contributed by atoms with Gasteiger partial charge in [-0.05, 0) is 36.4 Å². The maximum Gasteiger partial charge on any atom is 0.449 e. The number of alkyl halides is 3. The molecule has 0 unspecified atom stereocenters. The molecule has 0 spiro atoms. The summed E-state index contributed by atoms with van der Waals surface area (Å²) in [7, 11) is 0. The zero-order valence-electron chi connectivity index (χ0n) is 17.3. The fourth-order valence-electron chi connectivity index (χ4n) is 3.13. The maximum absolute atomic E-state index is 13.4. The van der Waals surface area contributed by atoms with Crippen molar-refractivity contribution in [2.45, 2.75) is 12.7 Å². The fourth-order valence-corrected chi connectivity index (χ4v) is 3.13. The molecule has 4 rings (SSSR count). The van der Waals surface area contributed by atoms with E-state index in [1.54, 1.807) is 12.1 Å². The average Bonchev–Trinajstić information content (AvgIpc) is 3.42. The second-order valence-corrected chi connectivity index (χ2v) is 7.04. The molecule has 0 atom stereocenters. The van der Waals surface area contributed by atoms with Gasteiger partial charge in [0.15, 0.2) is 5.82 Å². The lowest BCUT2D eigenvalue weighted by Crippen LogP contribution is -2.34. The standard InChI is InChI=1S/C21H16F4N6O3/c22-13-7-5-12(6-8-13)17(32)26-9-10-27-18(33)19-29-16(30-34-19)11-31-15-4-2-1-3-14(15)28-20(31)21(23,24)25/h1-8H,9-11H2,(H,26,32)(H,27,33). The monoisotopic (exact) mass is 476 g/mol. The molecule has 2 aromatic carbocycles. The second-order valence-electron chi connectivity index (χ2n) is 7.04. The number of nitrogens with zero attached hydrogens (tertiary/aromatic N) is 4. The van der Waals surface area contributed by atoms with E-state index in [1.165, 1.54) is 24.3 Å². The number of imidazole rings is 1. The summed E-state index contributed by atoms with van der Waals surface area (Å²) in [4.78, 5) is 31.6. The molecule has 9 nitrogen and oxygen atoms in total. The van der Waals surface area contributed by atoms with Crippen LogP contribution in [0.3, 0.4) is 0 Å². The average molecular weight is 476 g/mol. The Balaban J connectivity index is 1.36. The van der Waals surface area contributed by atoms with E-state index in [9.17, 15) is 27.2 Å². The zero-order valence-corrected chi connectivity index (χ0v) is 17.3. The number of hydrogen-bond donors (Lipinski definition) is 2. The van der Waals surface area contributed by atoms with Crippen molar-refractivity contribution in [2.75, 3.05) is 13.1 Å². The van der Waals surface area contributed by atoms with Crippen LogP contribution in [-0.2, 0) is 12.7 Å². The minimum atomic E-state index is -4.71. The number of aromatic nitrogens is 4. The van der Waals surface area contributed by atoms with Gasteiger partial charge in [-0.15, -0.1) is 0 Å². The largest absolute Gasteiger partial charge is 0.449 e. The van der Waals surface area contributed by atoms with Gasteiger partial charge in [0.1, 0.15) is 5.82 Å². The summed E-state index contributed by atoms with van der Waals surface area (Å²) < 4.78 is 58.9. The number of benzene rings is 2. The Morgan fingerprint density at radius 1 is 0.941 bits per heavy atom. The molecule has 0 saturated carbocycles. The van der Waals surface area contributed by atoms with Crippen molar-refractivity contribution in [3.63, 3.8) is 0 Å². The fraction of sp³-hybridized carbons (Fsp3) is 0.190. The molecule has 0 saturated heterocycles. The van der Waals surface area contributed by atoms with Crippen LogP contribution in [-0.4, -0.2) is 44.6 Å². The highest BCUT2D eigenvalue weighted by molar-refractivity contribution is 5.94. The summed E-state index contributed by atoms with van der Waals surface area (Å²) in [5, 5.41) is 8.56. The zero-order chi connectivity index (χ0) is 24.3. The first kappa shape index (κ1) is 22.9. The highest BCUT2D eigenvalue weighted by atomic mass is 19.4. The van der Waals surface area contributed by atoms with Crippen LogP contribution < -0.4 is 10.6 Å². The van der Waals surface area contributed by atoms with Gasteiger partial charge in [0, 0.05) is 18.7 Å². The van der Waals surface area contributed by atoms with Gasteiger partial charge in [0.25, 0.3) is 5.91 Å². The van der Waals surface area contributed by atoms with Crippen LogP contribution in [0.1, 0.15) is 32.7 Å². The van der Waals surface area contributed by atoms with Gasteiger partial charge in [-0.2, -0.15) is 18.2 Å². The van der Waals surface area contributed by atoms with E-state index in [0.717, 1.165) is 16.7 Å². The Kier molecular flexibility index (Phi) is 6.25. The van der Waals surface area contributed by atoms with E-state index in [0.29, 0.717) is 0 Å². The first-order chi connectivity index (χ1) is 16.2. The van der Waals surface area contributed by atoms with Crippen LogP contribution in [0, 0.1) is 5.82 Å². The van der Waals surface area contributed by atoms with Crippen LogP contribution in [0.5, 0.6) is 0 Å². The molecular weight excluding hydrogens is 460 g/mol. The number of nitrogens with one attached hydrogen (secondary N) is 2. The van der Waals surface area contributed by atoms with Gasteiger partial charge in [-0.3, -0.25) is 9.59 Å². The summed E-state index contributed by atoms with van der Waals surface area (Å²) >= 11 is 0. The molecule has 176 valence electrons. The summed E-state index contributed by atoms with van der Waals surface area (Å²) in [6.07, 6.45) is -4.71. The van der Waals surface area contributed by atoms with Crippen LogP contribution in [0.15, 0.2) is 53.1 Å². The predicted molar refractivity (Wildman–Crippen MR) is 109 cm³/mol. The molecule has 2 amide bonds. The molecule has 0 aliphatic carbocycles. The Hall–Kier alpha value is -4.29. The molecule has 0 aliphatic rings. The molecule has 0 radical (unpaired) electrons. The van der Waals surface area contributed by atoms with Gasteiger partial charge in [-0.1, -0.05) is 17.3 Å². The van der Waals surface area contributed by atoms with E-state index in [1.807, 2.05) is 0 Å². The quantitative estimate of drug-likeness (QED) is 0.313. The van der Waals surface area contributed by atoms with E-state index in [4.69, 9.17) is 4.52 Å². The van der Waals surface area contributed by atoms with E-state index in [-0.39, 0.29) is 35.5 Å². The lowest BCUT2D eigenvalue weighted by atomic mass is 10.2. The Morgan fingerprint density at radius 3 is 2.32 bits per heavy atom. The topological polar surface area (TPSA) is 115 Å². The molecule has 34 heavy (non-hydrogen) atoms. The first-order valence-electron chi connectivity index (χ1n) is 9.89. The van der Waals surface area contributed by atoms with Crippen LogP contribution in [0.4, 0.5) is 17.6 Å². The van der Waals surface area contributed by atoms with Gasteiger partial charge in [0.05, 0.1) is 17.6 Å². The number of para-hydroxylation sites is 2. The highest BCUT2D eigenvalue weighted by Gasteiger charge is 2.38. The third kappa shape index (κ3) is 5.03. The Morgan fingerprint density at radius 2 is 1.62 bits per heavy atom. The molecule has 4 aromatic rings. The third-order valence-corrected chi connectivity index (χ3v) is 4.67. The molecule has 0 bridgehead atoms. The predicted octanol–water partition coefficient (Wildman–Crippen LogP) is 2.79. The van der Waals surface area contributed by atoms with Crippen molar-refractivity contribution in [1.82, 2.24) is 30.3 Å². The molecular formula is C21H16F4N6O3. The van der Waals surface area contributed by atoms with E-state index in [2.05, 4.69) is 25.8 Å². The first-order valence-corrected chi connectivity index (χ1v) is 9.89. The van der Waals surface area contributed by atoms with E-state index < -0.39 is 42.1 Å². The lowest BCUT2D eigenvalue weighted by Gasteiger charge is -2.09. The van der Waals surface area contributed by atoms with Crippen molar-refractivity contribution < 1.29 is 31.7 Å². The Bertz CT molecular complexity index is 1330. The SMILES string of the molecule is O=C(NCCNC(=O)c1nc(Cn2c(C(F)(F)F)nc3ccccc32)no1)c1ccc(F)cc1. The maximum atomic E-state index is 13.4. The van der Waals surface area contributed by atoms with Crippen LogP contribution in [0.25, 0.3) is 11.0 Å². The lowest BCUT2D eigenvalue weighted by molar-refractivity contribution is -0.146. The number of amides is 2. The van der Waals surface area contributed by atoms with Gasteiger partial charge in [0.2, 0.25) is 5.82 Å². The second kappa shape index (κ2) is 9.29. The summed E-state index contributed by atoms with van der Waals surface area (Å²) in [5.74, 6) is -3.41. The van der Waals surface area contributed by atoms with Crippen LogP contribution in [0.2, 0.25) is 0 Å². The van der Waals surface area contributed by atoms with E-state index >= 15 is 0 Å². The molecule has 2 N–H and O–H groups in total. The minimum Gasteiger partial charge on any atom is -0.350 e. The third-order valence-electron chi connectivity index (χ3n) is 4.67. The van der Waals surface area contributed by atoms with Gasteiger partial charge in [-0.25, -0.2) is 9.37 Å². The van der Waals surface area contributed by atoms with Crippen molar-refractivity contribution in [3.05, 3.63) is 77.5 Å². The minimum absolute atomic E-state index is 0.00780. The number of hydrogen-bond acceptors (Lipinski definition) is 6. The molecule has 13 heteroatoms. The number of halogens is 4. The molecule has 0 fully saturated rings. The summed E-state index contributed by atoms with van der Waals surface area (Å²) in [6, 6.07) is 11.0. The number of rotatable bonds is 7. The number of carbonyl (C=O) groups excluding carboxylic acids is 2. The summed E-state index contributed by atoms with van der Waals surface area (Å²) in [5.41, 5.74) is 0.626. The number of fused-ring (bicyclic) bond motifs is 1. The van der Waals surface area contributed by atoms with Crippen molar-refractivity contribution >= 4 is 22.8 Å². The highest BCUT2D eigenvalue weighted by Crippen LogP contribution is 2.31. The van der Waals surface area contributed by atoms with Crippen LogP contribution >= 0.6 is 0 Å². The Labute approximate surface area is 188 Å². The molecule has 2 aromatic heterocycles. The normalized spacial score (nSPS) is 11.5. The van der Waals surface area contributed by atoms with Gasteiger partial charge < -0.3 is 19.7 Å². The van der Waals surface area contributed by atoms with Crippen molar-refractivity contribution in [1.29, 1.82) is 0 Å². The van der Waals surface area contributed by atoms with Gasteiger partial charge >= 0.3 is 18.0 Å². The van der Waals surface area contributed by atoms with Crippen molar-refractivity contribution in [2.24, 2.45) is 0 Å². The molecule has 2 heterocycles.